The molecule has 0 aromatic carbocycles. The first kappa shape index (κ1) is 7.83. The monoisotopic (exact) mass is 201 g/mol. The van der Waals surface area contributed by atoms with E-state index in [0.717, 1.165) is 5.65 Å². The van der Waals surface area contributed by atoms with E-state index in [9.17, 15) is 0 Å². The SMILES string of the molecule is ClCc1nnc2cccc(Cl)n12. The van der Waals surface area contributed by atoms with Gasteiger partial charge in [-0.25, -0.2) is 0 Å². The average molecular weight is 202 g/mol. The van der Waals surface area contributed by atoms with Gasteiger partial charge in [-0.1, -0.05) is 17.7 Å². The van der Waals surface area contributed by atoms with Crippen LogP contribution in [0.3, 0.4) is 0 Å². The van der Waals surface area contributed by atoms with Crippen molar-refractivity contribution in [2.75, 3.05) is 0 Å². The number of rotatable bonds is 1. The van der Waals surface area contributed by atoms with Gasteiger partial charge in [-0.2, -0.15) is 0 Å². The maximum atomic E-state index is 5.91. The molecule has 2 aromatic rings. The lowest BCUT2D eigenvalue weighted by atomic mass is 10.5. The molecule has 0 saturated heterocycles. The van der Waals surface area contributed by atoms with Crippen LogP contribution in [-0.2, 0) is 5.88 Å². The van der Waals surface area contributed by atoms with Crippen LogP contribution in [0.5, 0.6) is 0 Å². The topological polar surface area (TPSA) is 30.2 Å². The van der Waals surface area contributed by atoms with Crippen LogP contribution >= 0.6 is 23.2 Å². The first-order chi connectivity index (χ1) is 5.83. The van der Waals surface area contributed by atoms with Crippen molar-refractivity contribution in [3.63, 3.8) is 0 Å². The second-order valence-electron chi connectivity index (χ2n) is 2.29. The third-order valence-electron chi connectivity index (χ3n) is 1.57. The Morgan fingerprint density at radius 1 is 1.33 bits per heavy atom. The third kappa shape index (κ3) is 1.06. The van der Waals surface area contributed by atoms with Gasteiger partial charge in [-0.05, 0) is 12.1 Å². The predicted molar refractivity (Wildman–Crippen MR) is 47.6 cm³/mol. The van der Waals surface area contributed by atoms with Crippen molar-refractivity contribution in [3.8, 4) is 0 Å². The van der Waals surface area contributed by atoms with Crippen molar-refractivity contribution < 1.29 is 0 Å². The molecule has 0 aliphatic rings. The van der Waals surface area contributed by atoms with E-state index in [1.165, 1.54) is 0 Å². The molecule has 5 heteroatoms. The Balaban J connectivity index is 2.83. The lowest BCUT2D eigenvalue weighted by Crippen LogP contribution is -1.91. The molecule has 62 valence electrons. The number of fused-ring (bicyclic) bond motifs is 1. The van der Waals surface area contributed by atoms with Crippen LogP contribution < -0.4 is 0 Å². The Bertz CT molecular complexity index is 410. The number of alkyl halides is 1. The zero-order chi connectivity index (χ0) is 8.55. The Kier molecular flexibility index (Phi) is 1.90. The molecule has 0 N–H and O–H groups in total. The summed E-state index contributed by atoms with van der Waals surface area (Å²) in [5.41, 5.74) is 0.721. The molecule has 0 unspecified atom stereocenters. The number of nitrogens with zero attached hydrogens (tertiary/aromatic N) is 3. The molecule has 0 aliphatic carbocycles. The quantitative estimate of drug-likeness (QED) is 0.523. The van der Waals surface area contributed by atoms with Gasteiger partial charge in [-0.3, -0.25) is 4.40 Å². The van der Waals surface area contributed by atoms with E-state index in [4.69, 9.17) is 23.2 Å². The van der Waals surface area contributed by atoms with E-state index in [2.05, 4.69) is 10.2 Å². The first-order valence-corrected chi connectivity index (χ1v) is 4.28. The van der Waals surface area contributed by atoms with Gasteiger partial charge in [0.1, 0.15) is 5.15 Å². The van der Waals surface area contributed by atoms with Crippen molar-refractivity contribution in [1.29, 1.82) is 0 Å². The zero-order valence-electron chi connectivity index (χ0n) is 6.04. The lowest BCUT2D eigenvalue weighted by Gasteiger charge is -1.97. The van der Waals surface area contributed by atoms with Crippen molar-refractivity contribution in [3.05, 3.63) is 29.2 Å². The summed E-state index contributed by atoms with van der Waals surface area (Å²) in [4.78, 5) is 0. The van der Waals surface area contributed by atoms with Gasteiger partial charge in [0.05, 0.1) is 5.88 Å². The molecule has 0 radical (unpaired) electrons. The number of pyridine rings is 1. The van der Waals surface area contributed by atoms with Crippen molar-refractivity contribution in [2.24, 2.45) is 0 Å². The molecular weight excluding hydrogens is 197 g/mol. The molecule has 0 bridgehead atoms. The molecule has 0 aliphatic heterocycles. The van der Waals surface area contributed by atoms with Gasteiger partial charge in [0, 0.05) is 0 Å². The van der Waals surface area contributed by atoms with Crippen LogP contribution in [0.1, 0.15) is 5.82 Å². The largest absolute Gasteiger partial charge is 0.268 e. The molecule has 0 amide bonds. The molecule has 2 aromatic heterocycles. The summed E-state index contributed by atoms with van der Waals surface area (Å²) < 4.78 is 1.72. The molecule has 0 fully saturated rings. The normalized spacial score (nSPS) is 10.8. The summed E-state index contributed by atoms with van der Waals surface area (Å²) in [6.07, 6.45) is 0. The van der Waals surface area contributed by atoms with E-state index in [1.807, 2.05) is 12.1 Å². The van der Waals surface area contributed by atoms with Gasteiger partial charge in [0.15, 0.2) is 11.5 Å². The highest BCUT2D eigenvalue weighted by molar-refractivity contribution is 6.29. The maximum absolute atomic E-state index is 5.91. The average Bonchev–Trinajstić information content (AvgIpc) is 2.49. The first-order valence-electron chi connectivity index (χ1n) is 3.37. The van der Waals surface area contributed by atoms with Gasteiger partial charge >= 0.3 is 0 Å². The highest BCUT2D eigenvalue weighted by Gasteiger charge is 2.05. The summed E-state index contributed by atoms with van der Waals surface area (Å²) in [5, 5.41) is 8.34. The number of hydrogen-bond donors (Lipinski definition) is 0. The van der Waals surface area contributed by atoms with E-state index in [-0.39, 0.29) is 0 Å². The molecule has 2 rings (SSSR count). The Morgan fingerprint density at radius 3 is 2.92 bits per heavy atom. The summed E-state index contributed by atoms with van der Waals surface area (Å²) in [6.45, 7) is 0. The van der Waals surface area contributed by atoms with E-state index >= 15 is 0 Å². The molecular formula is C7H5Cl2N3. The number of hydrogen-bond acceptors (Lipinski definition) is 2. The molecule has 0 saturated carbocycles. The lowest BCUT2D eigenvalue weighted by molar-refractivity contribution is 0.986. The van der Waals surface area contributed by atoms with Gasteiger partial charge < -0.3 is 0 Å². The predicted octanol–water partition coefficient (Wildman–Crippen LogP) is 2.12. The highest BCUT2D eigenvalue weighted by atomic mass is 35.5. The maximum Gasteiger partial charge on any atom is 0.161 e. The smallest absolute Gasteiger partial charge is 0.161 e. The van der Waals surface area contributed by atoms with Crippen LogP contribution in [-0.4, -0.2) is 14.6 Å². The third-order valence-corrected chi connectivity index (χ3v) is 2.10. The van der Waals surface area contributed by atoms with Gasteiger partial charge in [0.2, 0.25) is 0 Å². The van der Waals surface area contributed by atoms with E-state index in [1.54, 1.807) is 10.5 Å². The summed E-state index contributed by atoms with van der Waals surface area (Å²) >= 11 is 11.5. The Labute approximate surface area is 78.9 Å². The van der Waals surface area contributed by atoms with Crippen LogP contribution in [0.4, 0.5) is 0 Å². The van der Waals surface area contributed by atoms with Crippen LogP contribution in [0.15, 0.2) is 18.2 Å². The minimum atomic E-state index is 0.310. The van der Waals surface area contributed by atoms with Crippen LogP contribution in [0, 0.1) is 0 Å². The van der Waals surface area contributed by atoms with Crippen LogP contribution in [0.25, 0.3) is 5.65 Å². The van der Waals surface area contributed by atoms with Crippen molar-refractivity contribution in [2.45, 2.75) is 5.88 Å². The molecule has 0 atom stereocenters. The number of halogens is 2. The summed E-state index contributed by atoms with van der Waals surface area (Å²) in [6, 6.07) is 5.42. The minimum Gasteiger partial charge on any atom is -0.268 e. The van der Waals surface area contributed by atoms with Gasteiger partial charge in [0.25, 0.3) is 0 Å². The minimum absolute atomic E-state index is 0.310. The molecule has 12 heavy (non-hydrogen) atoms. The second kappa shape index (κ2) is 2.92. The van der Waals surface area contributed by atoms with Crippen molar-refractivity contribution in [1.82, 2.24) is 14.6 Å². The highest BCUT2D eigenvalue weighted by Crippen LogP contribution is 2.14. The van der Waals surface area contributed by atoms with Crippen LogP contribution in [0.2, 0.25) is 5.15 Å². The second-order valence-corrected chi connectivity index (χ2v) is 2.95. The molecule has 0 spiro atoms. The Morgan fingerprint density at radius 2 is 2.17 bits per heavy atom. The van der Waals surface area contributed by atoms with Crippen molar-refractivity contribution >= 4 is 28.8 Å². The van der Waals surface area contributed by atoms with Gasteiger partial charge in [-0.15, -0.1) is 21.8 Å². The fraction of sp³-hybridized carbons (Fsp3) is 0.143. The number of aromatic nitrogens is 3. The standard InChI is InChI=1S/C7H5Cl2N3/c8-4-7-11-10-6-3-1-2-5(9)12(6)7/h1-3H,4H2. The molecule has 3 nitrogen and oxygen atoms in total. The van der Waals surface area contributed by atoms with E-state index in [0.29, 0.717) is 16.9 Å². The summed E-state index contributed by atoms with van der Waals surface area (Å²) in [7, 11) is 0. The van der Waals surface area contributed by atoms with E-state index < -0.39 is 0 Å². The fourth-order valence-corrected chi connectivity index (χ4v) is 1.48. The zero-order valence-corrected chi connectivity index (χ0v) is 7.55. The molecule has 2 heterocycles. The Hall–Kier alpha value is -0.800. The summed E-state index contributed by atoms with van der Waals surface area (Å²) in [5.74, 6) is 0.975. The fourth-order valence-electron chi connectivity index (χ4n) is 1.05.